The number of hydrogen-bond donors (Lipinski definition) is 3. The lowest BCUT2D eigenvalue weighted by Crippen LogP contribution is -2.33. The molecule has 3 N–H and O–H groups in total. The van der Waals surface area contributed by atoms with Crippen molar-refractivity contribution >= 4 is 28.9 Å². The Bertz CT molecular complexity index is 1060. The SMILES string of the molecule is CC(=N)/C(Cc1ccccc1C(=O)NC1CCCC1)=C(/C)Nc1ccc(C#N)c(Cl)c1. The number of nitrogens with zero attached hydrogens (tertiary/aromatic N) is 1. The smallest absolute Gasteiger partial charge is 0.251 e. The maximum absolute atomic E-state index is 12.9. The topological polar surface area (TPSA) is 88.8 Å². The summed E-state index contributed by atoms with van der Waals surface area (Å²) >= 11 is 6.15. The molecule has 1 aliphatic carbocycles. The van der Waals surface area contributed by atoms with E-state index in [0.717, 1.165) is 48.2 Å². The van der Waals surface area contributed by atoms with Crippen LogP contribution in [0.1, 0.15) is 61.0 Å². The van der Waals surface area contributed by atoms with Crippen LogP contribution >= 0.6 is 11.6 Å². The highest BCUT2D eigenvalue weighted by molar-refractivity contribution is 6.32. The highest BCUT2D eigenvalue weighted by Gasteiger charge is 2.20. The van der Waals surface area contributed by atoms with E-state index >= 15 is 0 Å². The van der Waals surface area contributed by atoms with Gasteiger partial charge in [0.15, 0.2) is 0 Å². The number of nitriles is 1. The van der Waals surface area contributed by atoms with E-state index in [1.165, 1.54) is 0 Å². The van der Waals surface area contributed by atoms with Gasteiger partial charge in [0.1, 0.15) is 6.07 Å². The van der Waals surface area contributed by atoms with E-state index in [2.05, 4.69) is 10.6 Å². The highest BCUT2D eigenvalue weighted by Crippen LogP contribution is 2.24. The fourth-order valence-electron chi connectivity index (χ4n) is 3.94. The Labute approximate surface area is 188 Å². The number of amides is 1. The van der Waals surface area contributed by atoms with Gasteiger partial charge in [-0.25, -0.2) is 0 Å². The summed E-state index contributed by atoms with van der Waals surface area (Å²) in [4.78, 5) is 12.9. The van der Waals surface area contributed by atoms with Crippen molar-refractivity contribution in [1.82, 2.24) is 5.32 Å². The molecule has 5 nitrogen and oxygen atoms in total. The molecule has 31 heavy (non-hydrogen) atoms. The van der Waals surface area contributed by atoms with Crippen molar-refractivity contribution in [2.75, 3.05) is 5.32 Å². The van der Waals surface area contributed by atoms with Crippen LogP contribution < -0.4 is 10.6 Å². The Morgan fingerprint density at radius 2 is 1.90 bits per heavy atom. The molecule has 0 aliphatic heterocycles. The summed E-state index contributed by atoms with van der Waals surface area (Å²) < 4.78 is 0. The van der Waals surface area contributed by atoms with Gasteiger partial charge in [-0.2, -0.15) is 5.26 Å². The molecule has 1 amide bonds. The first-order chi connectivity index (χ1) is 14.9. The molecule has 0 heterocycles. The zero-order chi connectivity index (χ0) is 22.4. The highest BCUT2D eigenvalue weighted by atomic mass is 35.5. The molecule has 0 saturated heterocycles. The molecule has 3 rings (SSSR count). The van der Waals surface area contributed by atoms with E-state index in [4.69, 9.17) is 22.3 Å². The molecular weight excluding hydrogens is 408 g/mol. The second-order valence-corrected chi connectivity index (χ2v) is 8.36. The van der Waals surface area contributed by atoms with E-state index in [1.807, 2.05) is 37.3 Å². The molecule has 6 heteroatoms. The maximum atomic E-state index is 12.9. The second-order valence-electron chi connectivity index (χ2n) is 7.95. The quantitative estimate of drug-likeness (QED) is 0.477. The number of carbonyl (C=O) groups excluding carboxylic acids is 1. The monoisotopic (exact) mass is 434 g/mol. The van der Waals surface area contributed by atoms with Gasteiger partial charge in [-0.05, 0) is 62.1 Å². The Morgan fingerprint density at radius 3 is 2.55 bits per heavy atom. The Balaban J connectivity index is 1.84. The van der Waals surface area contributed by atoms with Gasteiger partial charge in [-0.1, -0.05) is 42.6 Å². The molecule has 2 aromatic carbocycles. The first-order valence-electron chi connectivity index (χ1n) is 10.5. The number of rotatable bonds is 7. The minimum absolute atomic E-state index is 0.0472. The molecule has 0 unspecified atom stereocenters. The van der Waals surface area contributed by atoms with Gasteiger partial charge in [-0.15, -0.1) is 0 Å². The first-order valence-corrected chi connectivity index (χ1v) is 10.9. The normalized spacial score (nSPS) is 14.5. The molecule has 0 bridgehead atoms. The molecule has 1 saturated carbocycles. The molecule has 1 fully saturated rings. The molecule has 0 radical (unpaired) electrons. The van der Waals surface area contributed by atoms with E-state index in [0.29, 0.717) is 28.3 Å². The summed E-state index contributed by atoms with van der Waals surface area (Å²) in [7, 11) is 0. The molecular formula is C25H27ClN4O. The van der Waals surface area contributed by atoms with Gasteiger partial charge in [0.25, 0.3) is 5.91 Å². The second kappa shape index (κ2) is 10.3. The van der Waals surface area contributed by atoms with Crippen LogP contribution in [0.4, 0.5) is 5.69 Å². The van der Waals surface area contributed by atoms with E-state index in [-0.39, 0.29) is 11.9 Å². The van der Waals surface area contributed by atoms with E-state index in [9.17, 15) is 4.79 Å². The van der Waals surface area contributed by atoms with Crippen LogP contribution in [0.2, 0.25) is 5.02 Å². The predicted octanol–water partition coefficient (Wildman–Crippen LogP) is 5.85. The molecule has 160 valence electrons. The largest absolute Gasteiger partial charge is 0.359 e. The zero-order valence-electron chi connectivity index (χ0n) is 17.9. The number of benzene rings is 2. The average Bonchev–Trinajstić information content (AvgIpc) is 3.25. The van der Waals surface area contributed by atoms with Crippen LogP contribution in [0.25, 0.3) is 0 Å². The van der Waals surface area contributed by atoms with E-state index in [1.54, 1.807) is 25.1 Å². The number of allylic oxidation sites excluding steroid dienone is 2. The minimum atomic E-state index is -0.0472. The molecule has 0 atom stereocenters. The van der Waals surface area contributed by atoms with Crippen LogP contribution in [0, 0.1) is 16.7 Å². The van der Waals surface area contributed by atoms with Crippen molar-refractivity contribution in [3.63, 3.8) is 0 Å². The Morgan fingerprint density at radius 1 is 1.19 bits per heavy atom. The van der Waals surface area contributed by atoms with Gasteiger partial charge in [-0.3, -0.25) is 4.79 Å². The van der Waals surface area contributed by atoms with Crippen molar-refractivity contribution in [2.24, 2.45) is 0 Å². The van der Waals surface area contributed by atoms with Gasteiger partial charge in [0.2, 0.25) is 0 Å². The summed E-state index contributed by atoms with van der Waals surface area (Å²) in [5.41, 5.74) is 4.74. The number of anilines is 1. The summed E-state index contributed by atoms with van der Waals surface area (Å²) in [6.07, 6.45) is 4.86. The van der Waals surface area contributed by atoms with Crippen molar-refractivity contribution in [1.29, 1.82) is 10.7 Å². The third kappa shape index (κ3) is 5.74. The van der Waals surface area contributed by atoms with Crippen molar-refractivity contribution < 1.29 is 4.79 Å². The number of halogens is 1. The Hall–Kier alpha value is -3.10. The summed E-state index contributed by atoms with van der Waals surface area (Å²) in [6.45, 7) is 3.65. The summed E-state index contributed by atoms with van der Waals surface area (Å²) in [6, 6.07) is 15.0. The molecule has 0 aromatic heterocycles. The molecule has 0 spiro atoms. The molecule has 2 aromatic rings. The Kier molecular flexibility index (Phi) is 7.49. The van der Waals surface area contributed by atoms with Gasteiger partial charge in [0.05, 0.1) is 10.6 Å². The first kappa shape index (κ1) is 22.6. The van der Waals surface area contributed by atoms with Gasteiger partial charge >= 0.3 is 0 Å². The lowest BCUT2D eigenvalue weighted by Gasteiger charge is -2.17. The predicted molar refractivity (Wildman–Crippen MR) is 126 cm³/mol. The number of nitrogens with one attached hydrogen (secondary N) is 3. The van der Waals surface area contributed by atoms with Gasteiger partial charge < -0.3 is 16.0 Å². The minimum Gasteiger partial charge on any atom is -0.359 e. The fourth-order valence-corrected chi connectivity index (χ4v) is 4.16. The lowest BCUT2D eigenvalue weighted by molar-refractivity contribution is 0.0937. The standard InChI is InChI=1S/C25H27ClN4O/c1-16(28)23(17(2)29-21-12-11-19(15-27)24(26)14-21)13-18-7-3-6-10-22(18)25(31)30-20-8-4-5-9-20/h3,6-7,10-12,14,20,28-29H,4-5,8-9,13H2,1-2H3,(H,30,31)/b23-17-,28-16?. The summed E-state index contributed by atoms with van der Waals surface area (Å²) in [5.74, 6) is -0.0472. The number of carbonyl (C=O) groups is 1. The molecule has 1 aliphatic rings. The lowest BCUT2D eigenvalue weighted by atomic mass is 9.95. The van der Waals surface area contributed by atoms with E-state index < -0.39 is 0 Å². The third-order valence-corrected chi connectivity index (χ3v) is 5.96. The van der Waals surface area contributed by atoms with Crippen LogP contribution in [0.15, 0.2) is 53.7 Å². The van der Waals surface area contributed by atoms with Crippen molar-refractivity contribution in [3.8, 4) is 6.07 Å². The fraction of sp³-hybridized carbons (Fsp3) is 0.320. The van der Waals surface area contributed by atoms with Crippen molar-refractivity contribution in [2.45, 2.75) is 52.0 Å². The van der Waals surface area contributed by atoms with Crippen LogP contribution in [-0.4, -0.2) is 17.7 Å². The van der Waals surface area contributed by atoms with Gasteiger partial charge in [0, 0.05) is 35.1 Å². The van der Waals surface area contributed by atoms with Crippen molar-refractivity contribution in [3.05, 3.63) is 75.4 Å². The number of hydrogen-bond acceptors (Lipinski definition) is 4. The van der Waals surface area contributed by atoms with Crippen LogP contribution in [0.5, 0.6) is 0 Å². The summed E-state index contributed by atoms with van der Waals surface area (Å²) in [5, 5.41) is 24.2. The third-order valence-electron chi connectivity index (χ3n) is 5.65. The maximum Gasteiger partial charge on any atom is 0.251 e. The van der Waals surface area contributed by atoms with Crippen LogP contribution in [0.3, 0.4) is 0 Å². The average molecular weight is 435 g/mol. The zero-order valence-corrected chi connectivity index (χ0v) is 18.6. The van der Waals surface area contributed by atoms with Crippen LogP contribution in [-0.2, 0) is 6.42 Å².